The fraction of sp³-hybridized carbons (Fsp3) is 0.545. The molecule has 0 saturated heterocycles. The lowest BCUT2D eigenvalue weighted by atomic mass is 10.0. The Morgan fingerprint density at radius 3 is 3.11 bits per heavy atom. The van der Waals surface area contributed by atoms with Gasteiger partial charge in [-0.1, -0.05) is 0 Å². The van der Waals surface area contributed by atoms with E-state index >= 15 is 0 Å². The highest BCUT2D eigenvalue weighted by Gasteiger charge is 2.25. The smallest absolute Gasteiger partial charge is 0.332 e. The lowest BCUT2D eigenvalue weighted by molar-refractivity contribution is -0.147. The molecule has 0 saturated carbocycles. The van der Waals surface area contributed by atoms with E-state index in [0.717, 1.165) is 11.4 Å². The first-order chi connectivity index (χ1) is 9.08. The Morgan fingerprint density at radius 2 is 2.37 bits per heavy atom. The van der Waals surface area contributed by atoms with Crippen molar-refractivity contribution in [1.82, 2.24) is 20.6 Å². The molecule has 0 aromatic carbocycles. The lowest BCUT2D eigenvalue weighted by Crippen LogP contribution is -2.48. The van der Waals surface area contributed by atoms with Crippen LogP contribution >= 0.6 is 0 Å². The van der Waals surface area contributed by atoms with Crippen LogP contribution in [0, 0.1) is 0 Å². The number of fused-ring (bicyclic) bond motifs is 1. The number of carboxylic acids is 1. The zero-order valence-electron chi connectivity index (χ0n) is 10.2. The molecule has 1 aromatic heterocycles. The number of hydrogen-bond acceptors (Lipinski definition) is 5. The fourth-order valence-electron chi connectivity index (χ4n) is 1.93. The number of aliphatic hydroxyl groups excluding tert-OH is 1. The monoisotopic (exact) mass is 268 g/mol. The highest BCUT2D eigenvalue weighted by molar-refractivity contribution is 5.82. The maximum atomic E-state index is 11.8. The molecule has 0 aliphatic carbocycles. The van der Waals surface area contributed by atoms with Gasteiger partial charge in [-0.25, -0.2) is 9.78 Å². The Kier molecular flexibility index (Phi) is 4.13. The van der Waals surface area contributed by atoms with E-state index in [2.05, 4.69) is 20.6 Å². The minimum atomic E-state index is -1.45. The summed E-state index contributed by atoms with van der Waals surface area (Å²) in [5.74, 6) is -1.50. The van der Waals surface area contributed by atoms with Crippen LogP contribution in [0.2, 0.25) is 0 Å². The van der Waals surface area contributed by atoms with Crippen LogP contribution in [0.4, 0.5) is 0 Å². The number of nitrogens with zero attached hydrogens (tertiary/aromatic N) is 1. The van der Waals surface area contributed by atoms with Crippen LogP contribution in [-0.4, -0.2) is 50.7 Å². The van der Waals surface area contributed by atoms with Gasteiger partial charge in [-0.15, -0.1) is 0 Å². The first-order valence-corrected chi connectivity index (χ1v) is 6.01. The molecule has 5 N–H and O–H groups in total. The predicted molar refractivity (Wildman–Crippen MR) is 64.2 cm³/mol. The first-order valence-electron chi connectivity index (χ1n) is 6.01. The van der Waals surface area contributed by atoms with Gasteiger partial charge in [-0.3, -0.25) is 10.1 Å². The van der Waals surface area contributed by atoms with E-state index in [1.165, 1.54) is 0 Å². The van der Waals surface area contributed by atoms with E-state index in [9.17, 15) is 9.59 Å². The molecular weight excluding hydrogens is 252 g/mol. The summed E-state index contributed by atoms with van der Waals surface area (Å²) in [5.41, 5.74) is 1.84. The summed E-state index contributed by atoms with van der Waals surface area (Å²) in [4.78, 5) is 29.3. The molecule has 1 aliphatic rings. The van der Waals surface area contributed by atoms with Crippen LogP contribution in [-0.2, 0) is 22.6 Å². The highest BCUT2D eigenvalue weighted by Crippen LogP contribution is 2.11. The molecule has 8 heteroatoms. The van der Waals surface area contributed by atoms with Gasteiger partial charge in [0.15, 0.2) is 6.10 Å². The van der Waals surface area contributed by atoms with E-state index in [1.807, 2.05) is 0 Å². The third-order valence-corrected chi connectivity index (χ3v) is 3.05. The third kappa shape index (κ3) is 3.30. The van der Waals surface area contributed by atoms with Gasteiger partial charge < -0.3 is 20.5 Å². The summed E-state index contributed by atoms with van der Waals surface area (Å²) < 4.78 is 0. The zero-order valence-corrected chi connectivity index (χ0v) is 10.2. The molecule has 0 spiro atoms. The molecule has 0 bridgehead atoms. The number of aliphatic hydroxyl groups is 1. The van der Waals surface area contributed by atoms with Gasteiger partial charge in [0, 0.05) is 25.9 Å². The molecule has 2 unspecified atom stereocenters. The number of aromatic amines is 1. The molecule has 1 amide bonds. The molecule has 8 nitrogen and oxygen atoms in total. The lowest BCUT2D eigenvalue weighted by Gasteiger charge is -2.22. The molecule has 0 fully saturated rings. The Hall–Kier alpha value is -1.93. The molecule has 104 valence electrons. The second kappa shape index (κ2) is 5.81. The summed E-state index contributed by atoms with van der Waals surface area (Å²) in [6, 6.07) is -0.377. The maximum Gasteiger partial charge on any atom is 0.332 e. The van der Waals surface area contributed by atoms with Crippen molar-refractivity contribution in [3.05, 3.63) is 17.7 Å². The minimum Gasteiger partial charge on any atom is -0.479 e. The highest BCUT2D eigenvalue weighted by atomic mass is 16.4. The number of imidazole rings is 1. The van der Waals surface area contributed by atoms with Crippen molar-refractivity contribution in [2.45, 2.75) is 31.5 Å². The number of carbonyl (C=O) groups is 2. The van der Waals surface area contributed by atoms with Gasteiger partial charge in [0.25, 0.3) is 0 Å². The summed E-state index contributed by atoms with van der Waals surface area (Å²) in [6.45, 7) is 0.670. The van der Waals surface area contributed by atoms with Crippen LogP contribution < -0.4 is 10.6 Å². The van der Waals surface area contributed by atoms with Crippen molar-refractivity contribution in [3.63, 3.8) is 0 Å². The average Bonchev–Trinajstić information content (AvgIpc) is 2.85. The number of carbonyl (C=O) groups excluding carboxylic acids is 1. The standard InChI is InChI=1S/C11H16N4O4/c16-9(11(18)19)1-2-12-10(17)7-3-6-8(4-13-7)15-5-14-6/h5,7,9,13,16H,1-4H2,(H,12,17)(H,14,15)(H,18,19). The van der Waals surface area contributed by atoms with E-state index in [0.29, 0.717) is 13.0 Å². The van der Waals surface area contributed by atoms with Crippen LogP contribution in [0.25, 0.3) is 0 Å². The van der Waals surface area contributed by atoms with Gasteiger partial charge in [-0.05, 0) is 0 Å². The minimum absolute atomic E-state index is 0.0125. The van der Waals surface area contributed by atoms with E-state index in [1.54, 1.807) is 6.33 Å². The van der Waals surface area contributed by atoms with Crippen molar-refractivity contribution in [2.75, 3.05) is 6.54 Å². The number of H-pyrrole nitrogens is 1. The molecular formula is C11H16N4O4. The number of aliphatic carboxylic acids is 1. The number of amides is 1. The van der Waals surface area contributed by atoms with Crippen molar-refractivity contribution in [2.24, 2.45) is 0 Å². The Labute approximate surface area is 109 Å². The molecule has 1 aromatic rings. The van der Waals surface area contributed by atoms with Gasteiger partial charge in [0.05, 0.1) is 23.8 Å². The summed E-state index contributed by atoms with van der Waals surface area (Å²) in [6.07, 6.45) is 0.626. The average molecular weight is 268 g/mol. The second-order valence-corrected chi connectivity index (χ2v) is 4.40. The van der Waals surface area contributed by atoms with Gasteiger partial charge in [0.2, 0.25) is 5.91 Å². The summed E-state index contributed by atoms with van der Waals surface area (Å²) in [7, 11) is 0. The van der Waals surface area contributed by atoms with Crippen LogP contribution in [0.1, 0.15) is 17.8 Å². The van der Waals surface area contributed by atoms with Gasteiger partial charge >= 0.3 is 5.97 Å². The van der Waals surface area contributed by atoms with Crippen molar-refractivity contribution in [1.29, 1.82) is 0 Å². The van der Waals surface area contributed by atoms with Gasteiger partial charge in [0.1, 0.15) is 0 Å². The number of aromatic nitrogens is 2. The fourth-order valence-corrected chi connectivity index (χ4v) is 1.93. The molecule has 2 heterocycles. The van der Waals surface area contributed by atoms with Crippen molar-refractivity contribution >= 4 is 11.9 Å². The maximum absolute atomic E-state index is 11.8. The van der Waals surface area contributed by atoms with E-state index in [-0.39, 0.29) is 24.9 Å². The molecule has 0 radical (unpaired) electrons. The quantitative estimate of drug-likeness (QED) is 0.436. The topological polar surface area (TPSA) is 127 Å². The van der Waals surface area contributed by atoms with E-state index < -0.39 is 12.1 Å². The zero-order chi connectivity index (χ0) is 13.8. The van der Waals surface area contributed by atoms with Gasteiger partial charge in [-0.2, -0.15) is 0 Å². The summed E-state index contributed by atoms with van der Waals surface area (Å²) in [5, 5.41) is 23.2. The van der Waals surface area contributed by atoms with Crippen LogP contribution in [0.15, 0.2) is 6.33 Å². The van der Waals surface area contributed by atoms with Crippen molar-refractivity contribution < 1.29 is 19.8 Å². The number of rotatable bonds is 5. The second-order valence-electron chi connectivity index (χ2n) is 4.40. The Morgan fingerprint density at radius 1 is 1.58 bits per heavy atom. The van der Waals surface area contributed by atoms with E-state index in [4.69, 9.17) is 10.2 Å². The van der Waals surface area contributed by atoms with Crippen molar-refractivity contribution in [3.8, 4) is 0 Å². The number of hydrogen-bond donors (Lipinski definition) is 5. The van der Waals surface area contributed by atoms with Crippen LogP contribution in [0.5, 0.6) is 0 Å². The van der Waals surface area contributed by atoms with Crippen LogP contribution in [0.3, 0.4) is 0 Å². The normalized spacial score (nSPS) is 19.5. The Bertz CT molecular complexity index is 473. The molecule has 2 rings (SSSR count). The molecule has 19 heavy (non-hydrogen) atoms. The molecule has 2 atom stereocenters. The largest absolute Gasteiger partial charge is 0.479 e. The predicted octanol–water partition coefficient (Wildman–Crippen LogP) is -1.62. The summed E-state index contributed by atoms with van der Waals surface area (Å²) >= 11 is 0. The Balaban J connectivity index is 1.77. The number of carboxylic acid groups (broad SMARTS) is 1. The SMILES string of the molecule is O=C(O)C(O)CCNC(=O)C1Cc2nc[nH]c2CN1. The molecule has 1 aliphatic heterocycles. The number of nitrogens with one attached hydrogen (secondary N) is 3. The first kappa shape index (κ1) is 13.5. The third-order valence-electron chi connectivity index (χ3n) is 3.05.